The van der Waals surface area contributed by atoms with Crippen molar-refractivity contribution in [3.8, 4) is 0 Å². The lowest BCUT2D eigenvalue weighted by Gasteiger charge is -2.30. The van der Waals surface area contributed by atoms with E-state index in [0.29, 0.717) is 31.3 Å². The first-order chi connectivity index (χ1) is 14.6. The third-order valence-corrected chi connectivity index (χ3v) is 5.84. The van der Waals surface area contributed by atoms with Crippen LogP contribution in [0.4, 0.5) is 17.6 Å². The smallest absolute Gasteiger partial charge is 0.226 e. The van der Waals surface area contributed by atoms with E-state index in [1.807, 2.05) is 4.90 Å². The molecular weight excluding hydrogens is 376 g/mol. The Kier molecular flexibility index (Phi) is 6.47. The molecule has 0 unspecified atom stereocenters. The number of hydrogen-bond acceptors (Lipinski definition) is 7. The van der Waals surface area contributed by atoms with E-state index < -0.39 is 0 Å². The second-order valence-electron chi connectivity index (χ2n) is 8.39. The van der Waals surface area contributed by atoms with Gasteiger partial charge in [0.2, 0.25) is 5.95 Å². The Balaban J connectivity index is 1.54. The van der Waals surface area contributed by atoms with Gasteiger partial charge in [0.05, 0.1) is 6.54 Å². The molecule has 160 valence electrons. The molecule has 7 heteroatoms. The van der Waals surface area contributed by atoms with Gasteiger partial charge in [0.15, 0.2) is 5.78 Å². The van der Waals surface area contributed by atoms with Gasteiger partial charge >= 0.3 is 0 Å². The van der Waals surface area contributed by atoms with Crippen LogP contribution in [-0.4, -0.2) is 46.8 Å². The highest BCUT2D eigenvalue weighted by Crippen LogP contribution is 2.30. The van der Waals surface area contributed by atoms with E-state index >= 15 is 0 Å². The van der Waals surface area contributed by atoms with Gasteiger partial charge in [-0.1, -0.05) is 37.6 Å². The van der Waals surface area contributed by atoms with E-state index in [2.05, 4.69) is 46.4 Å². The number of aromatic nitrogens is 2. The molecule has 2 aromatic rings. The molecule has 2 aliphatic rings. The fourth-order valence-electron chi connectivity index (χ4n) is 4.29. The van der Waals surface area contributed by atoms with Crippen molar-refractivity contribution in [2.45, 2.75) is 52.1 Å². The first kappa shape index (κ1) is 20.6. The van der Waals surface area contributed by atoms with Crippen LogP contribution in [-0.2, 0) is 24.3 Å². The number of carbonyl (C=O) groups is 1. The summed E-state index contributed by atoms with van der Waals surface area (Å²) in [7, 11) is 0. The molecule has 0 saturated carbocycles. The number of hydrogen-bond donors (Lipinski definition) is 2. The predicted molar refractivity (Wildman–Crippen MR) is 121 cm³/mol. The first-order valence-electron chi connectivity index (χ1n) is 11.1. The molecular formula is C23H32N6O. The summed E-state index contributed by atoms with van der Waals surface area (Å²) in [6, 6.07) is 8.67. The largest absolute Gasteiger partial charge is 0.383 e. The summed E-state index contributed by atoms with van der Waals surface area (Å²) >= 11 is 0. The number of fused-ring (bicyclic) bond motifs is 1. The molecule has 30 heavy (non-hydrogen) atoms. The molecule has 1 saturated heterocycles. The van der Waals surface area contributed by atoms with Gasteiger partial charge in [-0.3, -0.25) is 9.69 Å². The number of carbonyl (C=O) groups excluding carboxylic acids is 1. The topological polar surface area (TPSA) is 87.4 Å². The van der Waals surface area contributed by atoms with E-state index in [0.717, 1.165) is 37.3 Å². The van der Waals surface area contributed by atoms with Crippen molar-refractivity contribution >= 4 is 23.4 Å². The Bertz CT molecular complexity index is 893. The second-order valence-corrected chi connectivity index (χ2v) is 8.39. The number of Topliss-reactive ketones (excluding diaryl/α,β-unsaturated/α-hetero) is 1. The van der Waals surface area contributed by atoms with Crippen LogP contribution in [0.15, 0.2) is 24.3 Å². The molecule has 2 aliphatic heterocycles. The van der Waals surface area contributed by atoms with Crippen molar-refractivity contribution in [3.05, 3.63) is 41.0 Å². The zero-order valence-corrected chi connectivity index (χ0v) is 17.9. The van der Waals surface area contributed by atoms with E-state index in [4.69, 9.17) is 10.7 Å². The van der Waals surface area contributed by atoms with Crippen molar-refractivity contribution in [1.82, 2.24) is 14.9 Å². The number of unbranched alkanes of at least 4 members (excludes halogenated alkanes) is 1. The van der Waals surface area contributed by atoms with Crippen LogP contribution in [0.5, 0.6) is 0 Å². The second kappa shape index (κ2) is 9.43. The maximum absolute atomic E-state index is 12.4. The average Bonchev–Trinajstić information content (AvgIpc) is 3.22. The minimum Gasteiger partial charge on any atom is -0.383 e. The van der Waals surface area contributed by atoms with Crippen LogP contribution < -0.4 is 16.0 Å². The highest BCUT2D eigenvalue weighted by atomic mass is 16.1. The van der Waals surface area contributed by atoms with Crippen molar-refractivity contribution in [2.75, 3.05) is 42.1 Å². The minimum atomic E-state index is 0.151. The number of benzene rings is 1. The molecule has 1 aromatic heterocycles. The van der Waals surface area contributed by atoms with Gasteiger partial charge in [-0.15, -0.1) is 0 Å². The van der Waals surface area contributed by atoms with Crippen LogP contribution >= 0.6 is 0 Å². The third-order valence-electron chi connectivity index (χ3n) is 5.84. The van der Waals surface area contributed by atoms with Crippen LogP contribution in [0.3, 0.4) is 0 Å². The number of anilines is 3. The van der Waals surface area contributed by atoms with E-state index in [9.17, 15) is 4.79 Å². The van der Waals surface area contributed by atoms with Crippen LogP contribution in [0, 0.1) is 0 Å². The highest BCUT2D eigenvalue weighted by molar-refractivity contribution is 5.91. The van der Waals surface area contributed by atoms with Gasteiger partial charge < -0.3 is 16.0 Å². The lowest BCUT2D eigenvalue weighted by Crippen LogP contribution is -2.37. The Morgan fingerprint density at radius 1 is 1.13 bits per heavy atom. The maximum Gasteiger partial charge on any atom is 0.226 e. The molecule has 0 radical (unpaired) electrons. The number of ketones is 1. The minimum absolute atomic E-state index is 0.151. The molecule has 1 aromatic carbocycles. The third kappa shape index (κ3) is 4.90. The van der Waals surface area contributed by atoms with Gasteiger partial charge in [0.25, 0.3) is 0 Å². The fourth-order valence-corrected chi connectivity index (χ4v) is 4.29. The average molecular weight is 409 g/mol. The Labute approximate surface area is 178 Å². The maximum atomic E-state index is 12.4. The Hall–Kier alpha value is -2.67. The molecule has 3 heterocycles. The predicted octanol–water partition coefficient (Wildman–Crippen LogP) is 3.00. The summed E-state index contributed by atoms with van der Waals surface area (Å²) in [6.45, 7) is 7.31. The van der Waals surface area contributed by atoms with Crippen molar-refractivity contribution in [1.29, 1.82) is 0 Å². The van der Waals surface area contributed by atoms with Crippen molar-refractivity contribution in [2.24, 2.45) is 0 Å². The number of nitrogen functional groups attached to an aromatic ring is 1. The number of nitrogens with one attached hydrogen (secondary N) is 1. The Morgan fingerprint density at radius 2 is 1.90 bits per heavy atom. The summed E-state index contributed by atoms with van der Waals surface area (Å²) in [5.41, 5.74) is 9.46. The summed E-state index contributed by atoms with van der Waals surface area (Å²) in [4.78, 5) is 26.0. The number of likely N-dealkylation sites (tertiary alicyclic amines) is 1. The Morgan fingerprint density at radius 3 is 2.67 bits per heavy atom. The SMILES string of the molecule is CCCCNc1nc(N)c2c(n1)N(Cc1cccc(CN3CCCC3)c1)CC(=O)C2. The lowest BCUT2D eigenvalue weighted by atomic mass is 10.0. The summed E-state index contributed by atoms with van der Waals surface area (Å²) < 4.78 is 0. The van der Waals surface area contributed by atoms with E-state index in [1.165, 1.54) is 37.1 Å². The zero-order valence-electron chi connectivity index (χ0n) is 17.9. The van der Waals surface area contributed by atoms with Gasteiger partial charge in [-0.2, -0.15) is 9.97 Å². The van der Waals surface area contributed by atoms with E-state index in [1.54, 1.807) is 0 Å². The van der Waals surface area contributed by atoms with Crippen LogP contribution in [0.25, 0.3) is 0 Å². The lowest BCUT2D eigenvalue weighted by molar-refractivity contribution is -0.117. The first-order valence-corrected chi connectivity index (χ1v) is 11.1. The highest BCUT2D eigenvalue weighted by Gasteiger charge is 2.27. The molecule has 0 aliphatic carbocycles. The number of rotatable bonds is 8. The zero-order chi connectivity index (χ0) is 20.9. The summed E-state index contributed by atoms with van der Waals surface area (Å²) in [5.74, 6) is 1.88. The molecule has 0 bridgehead atoms. The monoisotopic (exact) mass is 408 g/mol. The molecule has 0 atom stereocenters. The molecule has 1 fully saturated rings. The summed E-state index contributed by atoms with van der Waals surface area (Å²) in [6.07, 6.45) is 5.04. The number of nitrogens with two attached hydrogens (primary N) is 1. The molecule has 4 rings (SSSR count). The van der Waals surface area contributed by atoms with E-state index in [-0.39, 0.29) is 5.78 Å². The van der Waals surface area contributed by atoms with Crippen LogP contribution in [0.2, 0.25) is 0 Å². The van der Waals surface area contributed by atoms with Gasteiger partial charge in [0.1, 0.15) is 11.6 Å². The van der Waals surface area contributed by atoms with Gasteiger partial charge in [0, 0.05) is 31.6 Å². The van der Waals surface area contributed by atoms with Crippen LogP contribution in [0.1, 0.15) is 49.3 Å². The normalized spacial score (nSPS) is 16.7. The molecule has 3 N–H and O–H groups in total. The van der Waals surface area contributed by atoms with Crippen molar-refractivity contribution in [3.63, 3.8) is 0 Å². The van der Waals surface area contributed by atoms with Crippen molar-refractivity contribution < 1.29 is 4.79 Å². The van der Waals surface area contributed by atoms with Gasteiger partial charge in [-0.25, -0.2) is 0 Å². The quantitative estimate of drug-likeness (QED) is 0.649. The molecule has 0 spiro atoms. The standard InChI is InChI=1S/C23H32N6O/c1-2-3-9-25-23-26-21(24)20-13-19(30)16-29(22(20)27-23)15-18-8-6-7-17(12-18)14-28-10-4-5-11-28/h6-8,12H,2-5,9-11,13-16H2,1H3,(H3,24,25,26,27). The molecule has 0 amide bonds. The summed E-state index contributed by atoms with van der Waals surface area (Å²) in [5, 5.41) is 3.26. The molecule has 7 nitrogen and oxygen atoms in total. The fraction of sp³-hybridized carbons (Fsp3) is 0.522. The number of nitrogens with zero attached hydrogens (tertiary/aromatic N) is 4. The van der Waals surface area contributed by atoms with Gasteiger partial charge in [-0.05, 0) is 43.5 Å².